The standard InChI is InChI=1S/C13H13F3N4O/c14-13(15,16)5-6-18-12(21)11-4-7-20(19-11)10-3-1-2-9(17)8-10/h1-4,7-8H,5-6,17H2,(H,18,21). The molecule has 0 aliphatic carbocycles. The molecule has 3 N–H and O–H groups in total. The molecule has 0 atom stereocenters. The molecule has 0 fully saturated rings. The van der Waals surface area contributed by atoms with Crippen LogP contribution >= 0.6 is 0 Å². The molecule has 0 radical (unpaired) electrons. The first kappa shape index (κ1) is 14.9. The number of alkyl halides is 3. The summed E-state index contributed by atoms with van der Waals surface area (Å²) in [4.78, 5) is 11.7. The minimum atomic E-state index is -4.30. The van der Waals surface area contributed by atoms with Gasteiger partial charge in [0.05, 0.1) is 12.1 Å². The summed E-state index contributed by atoms with van der Waals surface area (Å²) < 4.78 is 37.4. The number of carbonyl (C=O) groups is 1. The van der Waals surface area contributed by atoms with Crippen LogP contribution in [0.1, 0.15) is 16.9 Å². The molecule has 1 heterocycles. The van der Waals surface area contributed by atoms with E-state index in [0.717, 1.165) is 0 Å². The molecule has 1 aromatic carbocycles. The Morgan fingerprint density at radius 1 is 1.33 bits per heavy atom. The topological polar surface area (TPSA) is 72.9 Å². The van der Waals surface area contributed by atoms with Gasteiger partial charge in [-0.2, -0.15) is 18.3 Å². The highest BCUT2D eigenvalue weighted by molar-refractivity contribution is 5.92. The summed E-state index contributed by atoms with van der Waals surface area (Å²) in [6.45, 7) is -0.479. The van der Waals surface area contributed by atoms with Crippen molar-refractivity contribution < 1.29 is 18.0 Å². The smallest absolute Gasteiger partial charge is 0.390 e. The number of carbonyl (C=O) groups excluding carboxylic acids is 1. The number of nitrogen functional groups attached to an aromatic ring is 1. The lowest BCUT2D eigenvalue weighted by atomic mass is 10.3. The second-order valence-corrected chi connectivity index (χ2v) is 4.36. The molecular weight excluding hydrogens is 285 g/mol. The predicted molar refractivity (Wildman–Crippen MR) is 71.0 cm³/mol. The second kappa shape index (κ2) is 5.86. The highest BCUT2D eigenvalue weighted by Crippen LogP contribution is 2.18. The third kappa shape index (κ3) is 4.23. The minimum absolute atomic E-state index is 0.0413. The Morgan fingerprint density at radius 2 is 2.10 bits per heavy atom. The lowest BCUT2D eigenvalue weighted by Gasteiger charge is -2.06. The fourth-order valence-electron chi connectivity index (χ4n) is 1.66. The number of hydrogen-bond donors (Lipinski definition) is 2. The average Bonchev–Trinajstić information content (AvgIpc) is 2.86. The summed E-state index contributed by atoms with van der Waals surface area (Å²) in [7, 11) is 0. The Hall–Kier alpha value is -2.51. The van der Waals surface area contributed by atoms with Gasteiger partial charge >= 0.3 is 6.18 Å². The van der Waals surface area contributed by atoms with Crippen molar-refractivity contribution in [2.24, 2.45) is 0 Å². The highest BCUT2D eigenvalue weighted by Gasteiger charge is 2.26. The third-order valence-electron chi connectivity index (χ3n) is 2.65. The number of nitrogens with one attached hydrogen (secondary N) is 1. The number of nitrogens with zero attached hydrogens (tertiary/aromatic N) is 2. The van der Waals surface area contributed by atoms with E-state index >= 15 is 0 Å². The van der Waals surface area contributed by atoms with Crippen molar-refractivity contribution in [1.82, 2.24) is 15.1 Å². The molecule has 8 heteroatoms. The van der Waals surface area contributed by atoms with Gasteiger partial charge in [0, 0.05) is 18.4 Å². The number of hydrogen-bond acceptors (Lipinski definition) is 3. The van der Waals surface area contributed by atoms with Crippen LogP contribution in [0.3, 0.4) is 0 Å². The van der Waals surface area contributed by atoms with Crippen LogP contribution in [0, 0.1) is 0 Å². The van der Waals surface area contributed by atoms with Crippen LogP contribution in [0.15, 0.2) is 36.5 Å². The quantitative estimate of drug-likeness (QED) is 0.849. The van der Waals surface area contributed by atoms with Crippen LogP contribution in [-0.4, -0.2) is 28.4 Å². The van der Waals surface area contributed by atoms with Gasteiger partial charge in [0.2, 0.25) is 0 Å². The van der Waals surface area contributed by atoms with Crippen LogP contribution in [0.2, 0.25) is 0 Å². The molecule has 0 saturated heterocycles. The lowest BCUT2D eigenvalue weighted by molar-refractivity contribution is -0.132. The maximum Gasteiger partial charge on any atom is 0.390 e. The van der Waals surface area contributed by atoms with Crippen LogP contribution in [0.5, 0.6) is 0 Å². The lowest BCUT2D eigenvalue weighted by Crippen LogP contribution is -2.28. The SMILES string of the molecule is Nc1cccc(-n2ccc(C(=O)NCCC(F)(F)F)n2)c1. The summed E-state index contributed by atoms with van der Waals surface area (Å²) in [6, 6.07) is 8.27. The number of rotatable bonds is 4. The van der Waals surface area contributed by atoms with Crippen molar-refractivity contribution in [2.45, 2.75) is 12.6 Å². The minimum Gasteiger partial charge on any atom is -0.399 e. The van der Waals surface area contributed by atoms with E-state index in [-0.39, 0.29) is 5.69 Å². The van der Waals surface area contributed by atoms with Gasteiger partial charge < -0.3 is 11.1 Å². The number of anilines is 1. The molecular formula is C13H13F3N4O. The zero-order valence-electron chi connectivity index (χ0n) is 10.9. The van der Waals surface area contributed by atoms with E-state index in [1.807, 2.05) is 0 Å². The van der Waals surface area contributed by atoms with Crippen molar-refractivity contribution in [2.75, 3.05) is 12.3 Å². The summed E-state index contributed by atoms with van der Waals surface area (Å²) in [5.41, 5.74) is 6.88. The fraction of sp³-hybridized carbons (Fsp3) is 0.231. The Bertz CT molecular complexity index is 636. The average molecular weight is 298 g/mol. The molecule has 5 nitrogen and oxygen atoms in total. The molecule has 21 heavy (non-hydrogen) atoms. The maximum atomic E-state index is 12.0. The molecule has 2 aromatic rings. The monoisotopic (exact) mass is 298 g/mol. The van der Waals surface area contributed by atoms with Crippen molar-refractivity contribution in [3.8, 4) is 5.69 Å². The van der Waals surface area contributed by atoms with E-state index in [1.165, 1.54) is 16.9 Å². The first-order valence-corrected chi connectivity index (χ1v) is 6.12. The predicted octanol–water partition coefficient (Wildman–Crippen LogP) is 2.14. The molecule has 112 valence electrons. The number of nitrogens with two attached hydrogens (primary N) is 1. The Kier molecular flexibility index (Phi) is 4.15. The number of benzene rings is 1. The molecule has 1 amide bonds. The van der Waals surface area contributed by atoms with E-state index in [9.17, 15) is 18.0 Å². The number of halogens is 3. The van der Waals surface area contributed by atoms with Crippen LogP contribution in [-0.2, 0) is 0 Å². The van der Waals surface area contributed by atoms with Gasteiger partial charge in [-0.05, 0) is 24.3 Å². The van der Waals surface area contributed by atoms with Gasteiger partial charge in [0.1, 0.15) is 0 Å². The van der Waals surface area contributed by atoms with Crippen LogP contribution in [0.25, 0.3) is 5.69 Å². The molecule has 0 aliphatic rings. The second-order valence-electron chi connectivity index (χ2n) is 4.36. The third-order valence-corrected chi connectivity index (χ3v) is 2.65. The molecule has 0 aliphatic heterocycles. The van der Waals surface area contributed by atoms with Crippen LogP contribution in [0.4, 0.5) is 18.9 Å². The van der Waals surface area contributed by atoms with Crippen LogP contribution < -0.4 is 11.1 Å². The van der Waals surface area contributed by atoms with Crippen molar-refractivity contribution >= 4 is 11.6 Å². The van der Waals surface area contributed by atoms with E-state index in [4.69, 9.17) is 5.73 Å². The van der Waals surface area contributed by atoms with Gasteiger partial charge in [0.25, 0.3) is 5.91 Å². The Labute approximate surface area is 118 Å². The van der Waals surface area contributed by atoms with Gasteiger partial charge in [-0.3, -0.25) is 4.79 Å². The zero-order valence-corrected chi connectivity index (χ0v) is 10.9. The first-order valence-electron chi connectivity index (χ1n) is 6.12. The molecule has 2 rings (SSSR count). The Morgan fingerprint density at radius 3 is 2.76 bits per heavy atom. The van der Waals surface area contributed by atoms with Crippen molar-refractivity contribution in [3.63, 3.8) is 0 Å². The first-order chi connectivity index (χ1) is 9.85. The maximum absolute atomic E-state index is 12.0. The molecule has 0 unspecified atom stereocenters. The normalized spacial score (nSPS) is 11.4. The molecule has 0 saturated carbocycles. The van der Waals surface area contributed by atoms with E-state index in [0.29, 0.717) is 11.4 Å². The zero-order chi connectivity index (χ0) is 15.5. The largest absolute Gasteiger partial charge is 0.399 e. The van der Waals surface area contributed by atoms with Crippen molar-refractivity contribution in [3.05, 3.63) is 42.2 Å². The van der Waals surface area contributed by atoms with Gasteiger partial charge in [-0.15, -0.1) is 0 Å². The molecule has 0 spiro atoms. The van der Waals surface area contributed by atoms with Gasteiger partial charge in [-0.1, -0.05) is 6.07 Å². The van der Waals surface area contributed by atoms with Gasteiger partial charge in [0.15, 0.2) is 5.69 Å². The fourth-order valence-corrected chi connectivity index (χ4v) is 1.66. The van der Waals surface area contributed by atoms with E-state index < -0.39 is 25.0 Å². The van der Waals surface area contributed by atoms with E-state index in [1.54, 1.807) is 24.3 Å². The number of amides is 1. The molecule has 1 aromatic heterocycles. The summed E-state index contributed by atoms with van der Waals surface area (Å²) >= 11 is 0. The van der Waals surface area contributed by atoms with E-state index in [2.05, 4.69) is 10.4 Å². The Balaban J connectivity index is 2.01. The summed E-state index contributed by atoms with van der Waals surface area (Å²) in [5.74, 6) is -0.651. The highest BCUT2D eigenvalue weighted by atomic mass is 19.4. The van der Waals surface area contributed by atoms with Gasteiger partial charge in [-0.25, -0.2) is 4.68 Å². The summed E-state index contributed by atoms with van der Waals surface area (Å²) in [5, 5.41) is 6.18. The molecule has 0 bridgehead atoms. The van der Waals surface area contributed by atoms with Crippen molar-refractivity contribution in [1.29, 1.82) is 0 Å². The number of aromatic nitrogens is 2. The summed E-state index contributed by atoms with van der Waals surface area (Å²) in [6.07, 6.45) is -3.84.